The number of rotatable bonds is 3. The number of nitrogens with zero attached hydrogens (tertiary/aromatic N) is 1. The number of ether oxygens (including phenoxy) is 1. The molecule has 0 amide bonds. The number of carbonyl (C=O) groups excluding carboxylic acids is 1. The zero-order chi connectivity index (χ0) is 10.6. The van der Waals surface area contributed by atoms with Crippen LogP contribution in [0.3, 0.4) is 0 Å². The smallest absolute Gasteiger partial charge is 0.314 e. The molecular weight excluding hydrogens is 187 g/mol. The van der Waals surface area contributed by atoms with Crippen molar-refractivity contribution in [3.8, 4) is 0 Å². The number of hydrogen-bond donors (Lipinski definition) is 1. The molecule has 0 fully saturated rings. The molecule has 0 aliphatic rings. The van der Waals surface area contributed by atoms with Gasteiger partial charge in [-0.05, 0) is 11.6 Å². The Bertz CT molecular complexity index is 330. The van der Waals surface area contributed by atoms with Gasteiger partial charge < -0.3 is 10.5 Å². The monoisotopic (exact) mass is 198 g/mol. The molecule has 0 saturated carbocycles. The predicted molar refractivity (Wildman–Crippen MR) is 48.0 cm³/mol. The van der Waals surface area contributed by atoms with Crippen molar-refractivity contribution in [2.75, 3.05) is 13.7 Å². The first-order chi connectivity index (χ1) is 6.69. The highest BCUT2D eigenvalue weighted by molar-refractivity contribution is 5.78. The van der Waals surface area contributed by atoms with E-state index in [0.29, 0.717) is 5.56 Å². The molecule has 0 radical (unpaired) electrons. The van der Waals surface area contributed by atoms with Gasteiger partial charge in [0.25, 0.3) is 0 Å². The largest absolute Gasteiger partial charge is 0.469 e. The Hall–Kier alpha value is -1.49. The quantitative estimate of drug-likeness (QED) is 0.715. The summed E-state index contributed by atoms with van der Waals surface area (Å²) < 4.78 is 17.3. The van der Waals surface area contributed by atoms with Gasteiger partial charge in [0.2, 0.25) is 0 Å². The third-order valence-electron chi connectivity index (χ3n) is 1.85. The average molecular weight is 198 g/mol. The van der Waals surface area contributed by atoms with Crippen LogP contribution in [0.15, 0.2) is 18.5 Å². The van der Waals surface area contributed by atoms with E-state index in [1.165, 1.54) is 19.4 Å². The molecule has 1 atom stereocenters. The maximum absolute atomic E-state index is 12.8. The van der Waals surface area contributed by atoms with E-state index in [9.17, 15) is 9.18 Å². The fraction of sp³-hybridized carbons (Fsp3) is 0.333. The first-order valence-electron chi connectivity index (χ1n) is 4.07. The molecular formula is C9H11FN2O2. The Morgan fingerprint density at radius 2 is 2.43 bits per heavy atom. The Labute approximate surface area is 80.9 Å². The number of pyridine rings is 1. The van der Waals surface area contributed by atoms with Crippen LogP contribution >= 0.6 is 0 Å². The van der Waals surface area contributed by atoms with Crippen LogP contribution in [0.4, 0.5) is 4.39 Å². The summed E-state index contributed by atoms with van der Waals surface area (Å²) in [4.78, 5) is 14.8. The molecule has 76 valence electrons. The third-order valence-corrected chi connectivity index (χ3v) is 1.85. The van der Waals surface area contributed by atoms with Crippen molar-refractivity contribution < 1.29 is 13.9 Å². The van der Waals surface area contributed by atoms with Crippen LogP contribution < -0.4 is 5.73 Å². The van der Waals surface area contributed by atoms with Crippen molar-refractivity contribution in [3.05, 3.63) is 29.8 Å². The van der Waals surface area contributed by atoms with Gasteiger partial charge in [0.15, 0.2) is 0 Å². The van der Waals surface area contributed by atoms with Gasteiger partial charge >= 0.3 is 5.97 Å². The second-order valence-corrected chi connectivity index (χ2v) is 2.75. The van der Waals surface area contributed by atoms with Crippen LogP contribution in [0, 0.1) is 5.82 Å². The minimum atomic E-state index is -0.650. The molecule has 0 spiro atoms. The number of hydrogen-bond acceptors (Lipinski definition) is 4. The van der Waals surface area contributed by atoms with Crippen molar-refractivity contribution in [2.24, 2.45) is 5.73 Å². The molecule has 0 bridgehead atoms. The van der Waals surface area contributed by atoms with Crippen LogP contribution in [0.2, 0.25) is 0 Å². The summed E-state index contributed by atoms with van der Waals surface area (Å²) in [5, 5.41) is 0. The van der Waals surface area contributed by atoms with E-state index in [4.69, 9.17) is 5.73 Å². The van der Waals surface area contributed by atoms with Crippen molar-refractivity contribution >= 4 is 5.97 Å². The zero-order valence-corrected chi connectivity index (χ0v) is 7.74. The van der Waals surface area contributed by atoms with E-state index in [1.807, 2.05) is 0 Å². The Morgan fingerprint density at radius 1 is 1.71 bits per heavy atom. The molecule has 14 heavy (non-hydrogen) atoms. The Morgan fingerprint density at radius 3 is 2.93 bits per heavy atom. The molecule has 0 saturated heterocycles. The van der Waals surface area contributed by atoms with Crippen molar-refractivity contribution in [1.29, 1.82) is 0 Å². The molecule has 4 nitrogen and oxygen atoms in total. The summed E-state index contributed by atoms with van der Waals surface area (Å²) in [6, 6.07) is 1.22. The molecule has 1 aromatic rings. The lowest BCUT2D eigenvalue weighted by atomic mass is 10.0. The fourth-order valence-electron chi connectivity index (χ4n) is 1.13. The summed E-state index contributed by atoms with van der Waals surface area (Å²) in [6.45, 7) is 0.0673. The highest BCUT2D eigenvalue weighted by Crippen LogP contribution is 2.15. The normalized spacial score (nSPS) is 12.2. The van der Waals surface area contributed by atoms with Gasteiger partial charge in [0, 0.05) is 12.7 Å². The summed E-state index contributed by atoms with van der Waals surface area (Å²) in [5.74, 6) is -1.63. The van der Waals surface area contributed by atoms with E-state index in [0.717, 1.165) is 6.20 Å². The first kappa shape index (κ1) is 10.6. The summed E-state index contributed by atoms with van der Waals surface area (Å²) in [5.41, 5.74) is 5.81. The molecule has 1 heterocycles. The summed E-state index contributed by atoms with van der Waals surface area (Å²) in [7, 11) is 1.26. The molecule has 1 aromatic heterocycles. The van der Waals surface area contributed by atoms with Crippen LogP contribution in [0.1, 0.15) is 11.5 Å². The number of carbonyl (C=O) groups is 1. The molecule has 2 N–H and O–H groups in total. The van der Waals surface area contributed by atoms with E-state index in [2.05, 4.69) is 9.72 Å². The van der Waals surface area contributed by atoms with Crippen molar-refractivity contribution in [1.82, 2.24) is 4.98 Å². The number of aromatic nitrogens is 1. The number of esters is 1. The predicted octanol–water partition coefficient (Wildman–Crippen LogP) is 0.436. The molecule has 0 aliphatic carbocycles. The van der Waals surface area contributed by atoms with Gasteiger partial charge in [-0.15, -0.1) is 0 Å². The SMILES string of the molecule is COC(=O)C(CN)c1cncc(F)c1. The minimum absolute atomic E-state index is 0.0673. The Balaban J connectivity index is 2.94. The van der Waals surface area contributed by atoms with E-state index in [-0.39, 0.29) is 6.54 Å². The molecule has 1 rings (SSSR count). The van der Waals surface area contributed by atoms with Crippen LogP contribution in [0.5, 0.6) is 0 Å². The highest BCUT2D eigenvalue weighted by Gasteiger charge is 2.20. The van der Waals surface area contributed by atoms with Crippen LogP contribution in [0.25, 0.3) is 0 Å². The van der Waals surface area contributed by atoms with E-state index >= 15 is 0 Å². The molecule has 5 heteroatoms. The summed E-state index contributed by atoms with van der Waals surface area (Å²) in [6.07, 6.45) is 2.46. The average Bonchev–Trinajstić information content (AvgIpc) is 2.19. The Kier molecular flexibility index (Phi) is 3.53. The van der Waals surface area contributed by atoms with Crippen LogP contribution in [-0.2, 0) is 9.53 Å². The lowest BCUT2D eigenvalue weighted by Crippen LogP contribution is -2.23. The van der Waals surface area contributed by atoms with Gasteiger partial charge in [-0.3, -0.25) is 9.78 Å². The highest BCUT2D eigenvalue weighted by atomic mass is 19.1. The minimum Gasteiger partial charge on any atom is -0.469 e. The second kappa shape index (κ2) is 4.66. The first-order valence-corrected chi connectivity index (χ1v) is 4.07. The van der Waals surface area contributed by atoms with Gasteiger partial charge in [0.05, 0.1) is 19.2 Å². The van der Waals surface area contributed by atoms with Gasteiger partial charge in [-0.1, -0.05) is 0 Å². The molecule has 0 aliphatic heterocycles. The molecule has 0 aromatic carbocycles. The number of halogens is 1. The summed E-state index contributed by atoms with van der Waals surface area (Å²) >= 11 is 0. The van der Waals surface area contributed by atoms with Gasteiger partial charge in [-0.25, -0.2) is 4.39 Å². The standard InChI is InChI=1S/C9H11FN2O2/c1-14-9(13)8(3-11)6-2-7(10)5-12-4-6/h2,4-5,8H,3,11H2,1H3. The fourth-order valence-corrected chi connectivity index (χ4v) is 1.13. The van der Waals surface area contributed by atoms with Gasteiger partial charge in [-0.2, -0.15) is 0 Å². The van der Waals surface area contributed by atoms with Crippen molar-refractivity contribution in [2.45, 2.75) is 5.92 Å². The van der Waals surface area contributed by atoms with E-state index in [1.54, 1.807) is 0 Å². The maximum atomic E-state index is 12.8. The van der Waals surface area contributed by atoms with E-state index < -0.39 is 17.7 Å². The second-order valence-electron chi connectivity index (χ2n) is 2.75. The maximum Gasteiger partial charge on any atom is 0.314 e. The number of nitrogens with two attached hydrogens (primary N) is 1. The number of methoxy groups -OCH3 is 1. The lowest BCUT2D eigenvalue weighted by Gasteiger charge is -2.11. The van der Waals surface area contributed by atoms with Gasteiger partial charge in [0.1, 0.15) is 5.82 Å². The third kappa shape index (κ3) is 2.26. The topological polar surface area (TPSA) is 65.2 Å². The lowest BCUT2D eigenvalue weighted by molar-refractivity contribution is -0.142. The zero-order valence-electron chi connectivity index (χ0n) is 7.74. The van der Waals surface area contributed by atoms with Crippen LogP contribution in [-0.4, -0.2) is 24.6 Å². The van der Waals surface area contributed by atoms with Crippen molar-refractivity contribution in [3.63, 3.8) is 0 Å². The molecule has 1 unspecified atom stereocenters.